The van der Waals surface area contributed by atoms with Gasteiger partial charge in [0.2, 0.25) is 0 Å². The van der Waals surface area contributed by atoms with Gasteiger partial charge in [0.1, 0.15) is 5.75 Å². The van der Waals surface area contributed by atoms with E-state index in [4.69, 9.17) is 4.74 Å². The molecule has 0 N–H and O–H groups in total. The molecule has 0 unspecified atom stereocenters. The molecule has 0 atom stereocenters. The molecule has 0 aromatic heterocycles. The number of unbranched alkanes of at least 4 members (excludes halogenated alkanes) is 2. The van der Waals surface area contributed by atoms with Crippen molar-refractivity contribution in [1.29, 1.82) is 0 Å². The molecule has 0 spiro atoms. The summed E-state index contributed by atoms with van der Waals surface area (Å²) in [5.41, 5.74) is 1.26. The van der Waals surface area contributed by atoms with Crippen molar-refractivity contribution in [3.8, 4) is 5.75 Å². The van der Waals surface area contributed by atoms with Gasteiger partial charge in [-0.25, -0.2) is 0 Å². The minimum Gasteiger partial charge on any atom is -0.497 e. The van der Waals surface area contributed by atoms with Crippen LogP contribution in [-0.2, 0) is 20.7 Å². The minimum atomic E-state index is -3.29. The number of rotatable bonds is 8. The van der Waals surface area contributed by atoms with Gasteiger partial charge in [-0.1, -0.05) is 18.6 Å². The van der Waals surface area contributed by atoms with E-state index in [0.717, 1.165) is 37.7 Å². The van der Waals surface area contributed by atoms with Gasteiger partial charge >= 0.3 is 0 Å². The highest BCUT2D eigenvalue weighted by Crippen LogP contribution is 2.13. The summed E-state index contributed by atoms with van der Waals surface area (Å²) in [6.45, 7) is 0.279. The third-order valence-electron chi connectivity index (χ3n) is 2.57. The lowest BCUT2D eigenvalue weighted by atomic mass is 10.1. The molecule has 0 heterocycles. The topological polar surface area (TPSA) is 52.6 Å². The molecule has 0 aliphatic heterocycles. The fourth-order valence-corrected chi connectivity index (χ4v) is 2.03. The Morgan fingerprint density at radius 3 is 2.28 bits per heavy atom. The maximum Gasteiger partial charge on any atom is 0.264 e. The Morgan fingerprint density at radius 1 is 1.06 bits per heavy atom. The normalized spacial score (nSPS) is 11.4. The SMILES string of the molecule is COc1ccc(CCCCCOS(C)(=O)=O)cc1. The average Bonchev–Trinajstić information content (AvgIpc) is 2.33. The molecule has 0 amide bonds. The van der Waals surface area contributed by atoms with Gasteiger partial charge in [-0.15, -0.1) is 0 Å². The molecule has 5 heteroatoms. The third-order valence-corrected chi connectivity index (χ3v) is 3.16. The minimum absolute atomic E-state index is 0.279. The van der Waals surface area contributed by atoms with E-state index >= 15 is 0 Å². The Morgan fingerprint density at radius 2 is 1.72 bits per heavy atom. The molecule has 0 bridgehead atoms. The van der Waals surface area contributed by atoms with Crippen molar-refractivity contribution in [2.45, 2.75) is 25.7 Å². The molecule has 4 nitrogen and oxygen atoms in total. The molecular weight excluding hydrogens is 252 g/mol. The second kappa shape index (κ2) is 7.38. The molecular formula is C13H20O4S. The van der Waals surface area contributed by atoms with E-state index in [1.807, 2.05) is 24.3 Å². The zero-order chi connectivity index (χ0) is 13.4. The van der Waals surface area contributed by atoms with Crippen LogP contribution in [0, 0.1) is 0 Å². The van der Waals surface area contributed by atoms with Gasteiger partial charge in [0.15, 0.2) is 0 Å². The van der Waals surface area contributed by atoms with E-state index in [1.165, 1.54) is 5.56 Å². The van der Waals surface area contributed by atoms with Crippen molar-refractivity contribution in [2.75, 3.05) is 20.0 Å². The van der Waals surface area contributed by atoms with Crippen LogP contribution in [0.4, 0.5) is 0 Å². The van der Waals surface area contributed by atoms with Gasteiger partial charge in [-0.2, -0.15) is 8.42 Å². The highest BCUT2D eigenvalue weighted by molar-refractivity contribution is 7.85. The number of methoxy groups -OCH3 is 1. The van der Waals surface area contributed by atoms with Gasteiger partial charge in [0.05, 0.1) is 20.0 Å². The molecule has 1 rings (SSSR count). The molecule has 1 aromatic rings. The first kappa shape index (κ1) is 15.0. The van der Waals surface area contributed by atoms with Crippen molar-refractivity contribution in [1.82, 2.24) is 0 Å². The number of benzene rings is 1. The van der Waals surface area contributed by atoms with Crippen LogP contribution in [0.25, 0.3) is 0 Å². The van der Waals surface area contributed by atoms with Crippen LogP contribution in [0.5, 0.6) is 5.75 Å². The number of hydrogen-bond acceptors (Lipinski definition) is 4. The molecule has 102 valence electrons. The molecule has 0 fully saturated rings. The van der Waals surface area contributed by atoms with Crippen LogP contribution in [0.2, 0.25) is 0 Å². The zero-order valence-corrected chi connectivity index (χ0v) is 11.7. The summed E-state index contributed by atoms with van der Waals surface area (Å²) in [6.07, 6.45) is 4.82. The van der Waals surface area contributed by atoms with Crippen molar-refractivity contribution >= 4 is 10.1 Å². The second-order valence-electron chi connectivity index (χ2n) is 4.18. The Labute approximate surface area is 109 Å². The Kier molecular flexibility index (Phi) is 6.15. The van der Waals surface area contributed by atoms with Crippen molar-refractivity contribution in [3.63, 3.8) is 0 Å². The second-order valence-corrected chi connectivity index (χ2v) is 5.83. The summed E-state index contributed by atoms with van der Waals surface area (Å²) < 4.78 is 31.2. The first-order valence-electron chi connectivity index (χ1n) is 5.98. The van der Waals surface area contributed by atoms with E-state index < -0.39 is 10.1 Å². The first-order valence-corrected chi connectivity index (χ1v) is 7.80. The lowest BCUT2D eigenvalue weighted by molar-refractivity contribution is 0.310. The molecule has 1 aromatic carbocycles. The van der Waals surface area contributed by atoms with E-state index in [2.05, 4.69) is 4.18 Å². The average molecular weight is 272 g/mol. The van der Waals surface area contributed by atoms with E-state index in [0.29, 0.717) is 0 Å². The fraction of sp³-hybridized carbons (Fsp3) is 0.538. The Balaban J connectivity index is 2.14. The van der Waals surface area contributed by atoms with Gasteiger partial charge in [0, 0.05) is 0 Å². The van der Waals surface area contributed by atoms with Crippen molar-refractivity contribution < 1.29 is 17.3 Å². The summed E-state index contributed by atoms with van der Waals surface area (Å²) in [4.78, 5) is 0. The third kappa shape index (κ3) is 6.61. The van der Waals surface area contributed by atoms with Crippen LogP contribution in [0.3, 0.4) is 0 Å². The smallest absolute Gasteiger partial charge is 0.264 e. The summed E-state index contributed by atoms with van der Waals surface area (Å²) >= 11 is 0. The molecule has 0 saturated carbocycles. The molecule has 0 radical (unpaired) electrons. The van der Waals surface area contributed by atoms with Crippen LogP contribution in [0.15, 0.2) is 24.3 Å². The summed E-state index contributed by atoms with van der Waals surface area (Å²) in [6, 6.07) is 7.99. The highest BCUT2D eigenvalue weighted by atomic mass is 32.2. The quantitative estimate of drug-likeness (QED) is 0.538. The van der Waals surface area contributed by atoms with Crippen LogP contribution in [0.1, 0.15) is 24.8 Å². The maximum atomic E-state index is 10.7. The monoisotopic (exact) mass is 272 g/mol. The zero-order valence-electron chi connectivity index (χ0n) is 10.9. The van der Waals surface area contributed by atoms with E-state index in [9.17, 15) is 8.42 Å². The molecule has 18 heavy (non-hydrogen) atoms. The molecule has 0 aliphatic carbocycles. The lowest BCUT2D eigenvalue weighted by Crippen LogP contribution is -2.04. The van der Waals surface area contributed by atoms with Gasteiger partial charge in [-0.05, 0) is 37.0 Å². The standard InChI is InChI=1S/C13H20O4S/c1-16-13-9-7-12(8-10-13)6-4-3-5-11-17-18(2,14)15/h7-10H,3-6,11H2,1-2H3. The molecule has 0 saturated heterocycles. The van der Waals surface area contributed by atoms with E-state index in [1.54, 1.807) is 7.11 Å². The highest BCUT2D eigenvalue weighted by Gasteiger charge is 2.00. The predicted molar refractivity (Wildman–Crippen MR) is 71.3 cm³/mol. The van der Waals surface area contributed by atoms with Crippen LogP contribution >= 0.6 is 0 Å². The van der Waals surface area contributed by atoms with Gasteiger partial charge in [-0.3, -0.25) is 4.18 Å². The number of hydrogen-bond donors (Lipinski definition) is 0. The lowest BCUT2D eigenvalue weighted by Gasteiger charge is -2.04. The number of ether oxygens (including phenoxy) is 1. The largest absolute Gasteiger partial charge is 0.497 e. The maximum absolute atomic E-state index is 10.7. The molecule has 0 aliphatic rings. The van der Waals surface area contributed by atoms with Gasteiger partial charge < -0.3 is 4.74 Å². The van der Waals surface area contributed by atoms with Gasteiger partial charge in [0.25, 0.3) is 10.1 Å². The predicted octanol–water partition coefficient (Wildman–Crippen LogP) is 2.38. The summed E-state index contributed by atoms with van der Waals surface area (Å²) in [5.74, 6) is 0.861. The summed E-state index contributed by atoms with van der Waals surface area (Å²) in [7, 11) is -1.64. The van der Waals surface area contributed by atoms with Crippen molar-refractivity contribution in [2.24, 2.45) is 0 Å². The Bertz CT molecular complexity index is 437. The van der Waals surface area contributed by atoms with Crippen LogP contribution in [-0.4, -0.2) is 28.4 Å². The summed E-state index contributed by atoms with van der Waals surface area (Å²) in [5, 5.41) is 0. The van der Waals surface area contributed by atoms with Crippen molar-refractivity contribution in [3.05, 3.63) is 29.8 Å². The van der Waals surface area contributed by atoms with E-state index in [-0.39, 0.29) is 6.61 Å². The number of aryl methyl sites for hydroxylation is 1. The Hall–Kier alpha value is -1.07. The van der Waals surface area contributed by atoms with Crippen LogP contribution < -0.4 is 4.74 Å². The first-order chi connectivity index (χ1) is 8.51. The fourth-order valence-electron chi connectivity index (χ4n) is 1.61.